The molecule has 0 atom stereocenters. The van der Waals surface area contributed by atoms with Gasteiger partial charge in [-0.1, -0.05) is 0 Å². The van der Waals surface area contributed by atoms with E-state index in [4.69, 9.17) is 4.74 Å². The standard InChI is InChI=1S/C10H16N4O2/c1-4-16-10(15)9(5-6-13(2)3)14-8-11-7-12-14/h5,7-8H,4,6H2,1-3H3/b9-5+. The first-order chi connectivity index (χ1) is 7.65. The fraction of sp³-hybridized carbons (Fsp3) is 0.500. The van der Waals surface area contributed by atoms with E-state index in [9.17, 15) is 4.79 Å². The van der Waals surface area contributed by atoms with Crippen LogP contribution in [0, 0.1) is 0 Å². The summed E-state index contributed by atoms with van der Waals surface area (Å²) >= 11 is 0. The number of ether oxygens (including phenoxy) is 1. The van der Waals surface area contributed by atoms with Crippen molar-refractivity contribution in [3.8, 4) is 0 Å². The molecule has 0 saturated carbocycles. The molecular weight excluding hydrogens is 208 g/mol. The summed E-state index contributed by atoms with van der Waals surface area (Å²) in [5.41, 5.74) is 0.382. The zero-order valence-electron chi connectivity index (χ0n) is 9.75. The molecular formula is C10H16N4O2. The highest BCUT2D eigenvalue weighted by atomic mass is 16.5. The molecule has 88 valence electrons. The minimum atomic E-state index is -0.394. The van der Waals surface area contributed by atoms with Crippen molar-refractivity contribution in [3.05, 3.63) is 18.7 Å². The summed E-state index contributed by atoms with van der Waals surface area (Å²) < 4.78 is 6.35. The number of nitrogens with zero attached hydrogens (tertiary/aromatic N) is 4. The largest absolute Gasteiger partial charge is 0.461 e. The van der Waals surface area contributed by atoms with Gasteiger partial charge in [-0.3, -0.25) is 0 Å². The molecule has 16 heavy (non-hydrogen) atoms. The monoisotopic (exact) mass is 224 g/mol. The first-order valence-electron chi connectivity index (χ1n) is 5.02. The number of carbonyl (C=O) groups is 1. The summed E-state index contributed by atoms with van der Waals surface area (Å²) in [5.74, 6) is -0.394. The minimum Gasteiger partial charge on any atom is -0.461 e. The smallest absolute Gasteiger partial charge is 0.356 e. The van der Waals surface area contributed by atoms with Gasteiger partial charge in [-0.2, -0.15) is 5.10 Å². The summed E-state index contributed by atoms with van der Waals surface area (Å²) in [5, 5.41) is 3.92. The zero-order valence-corrected chi connectivity index (χ0v) is 9.75. The highest BCUT2D eigenvalue weighted by molar-refractivity contribution is 6.09. The molecule has 0 radical (unpaired) electrons. The van der Waals surface area contributed by atoms with Gasteiger partial charge in [0.2, 0.25) is 0 Å². The zero-order chi connectivity index (χ0) is 12.0. The maximum atomic E-state index is 11.7. The Morgan fingerprint density at radius 3 is 2.81 bits per heavy atom. The quantitative estimate of drug-likeness (QED) is 0.530. The molecule has 0 aromatic carbocycles. The molecule has 0 aliphatic carbocycles. The van der Waals surface area contributed by atoms with Crippen LogP contribution in [-0.2, 0) is 9.53 Å². The van der Waals surface area contributed by atoms with Crippen LogP contribution in [-0.4, -0.2) is 52.9 Å². The molecule has 0 saturated heterocycles. The van der Waals surface area contributed by atoms with Crippen LogP contribution in [0.4, 0.5) is 0 Å². The summed E-state index contributed by atoms with van der Waals surface area (Å²) in [6.07, 6.45) is 4.60. The lowest BCUT2D eigenvalue weighted by Gasteiger charge is -2.09. The van der Waals surface area contributed by atoms with Crippen molar-refractivity contribution in [3.63, 3.8) is 0 Å². The molecule has 6 nitrogen and oxygen atoms in total. The van der Waals surface area contributed by atoms with Crippen molar-refractivity contribution in [2.24, 2.45) is 0 Å². The third-order valence-corrected chi connectivity index (χ3v) is 1.80. The van der Waals surface area contributed by atoms with Gasteiger partial charge in [0, 0.05) is 6.54 Å². The Hall–Kier alpha value is -1.69. The Morgan fingerprint density at radius 1 is 1.56 bits per heavy atom. The van der Waals surface area contributed by atoms with Crippen molar-refractivity contribution in [1.82, 2.24) is 19.7 Å². The Kier molecular flexibility index (Phi) is 4.65. The average molecular weight is 224 g/mol. The van der Waals surface area contributed by atoms with Gasteiger partial charge < -0.3 is 9.64 Å². The van der Waals surface area contributed by atoms with Gasteiger partial charge in [-0.25, -0.2) is 14.5 Å². The van der Waals surface area contributed by atoms with Gasteiger partial charge in [-0.05, 0) is 27.1 Å². The number of esters is 1. The van der Waals surface area contributed by atoms with Crippen molar-refractivity contribution >= 4 is 11.7 Å². The predicted octanol–water partition coefficient (Wildman–Crippen LogP) is 0.244. The second-order valence-corrected chi connectivity index (χ2v) is 3.41. The molecule has 0 amide bonds. The van der Waals surface area contributed by atoms with E-state index in [1.54, 1.807) is 13.0 Å². The molecule has 0 bridgehead atoms. The van der Waals surface area contributed by atoms with Crippen molar-refractivity contribution < 1.29 is 9.53 Å². The maximum absolute atomic E-state index is 11.7. The molecule has 0 spiro atoms. The van der Waals surface area contributed by atoms with Gasteiger partial charge >= 0.3 is 5.97 Å². The lowest BCUT2D eigenvalue weighted by atomic mass is 10.4. The minimum absolute atomic E-state index is 0.340. The van der Waals surface area contributed by atoms with Crippen LogP contribution >= 0.6 is 0 Å². The van der Waals surface area contributed by atoms with Crippen molar-refractivity contribution in [1.29, 1.82) is 0 Å². The number of carbonyl (C=O) groups excluding carboxylic acids is 1. The van der Waals surface area contributed by atoms with E-state index >= 15 is 0 Å². The number of hydrogen-bond donors (Lipinski definition) is 0. The van der Waals surface area contributed by atoms with Crippen LogP contribution < -0.4 is 0 Å². The fourth-order valence-electron chi connectivity index (χ4n) is 1.08. The highest BCUT2D eigenvalue weighted by Crippen LogP contribution is 2.04. The Bertz CT molecular complexity index is 357. The first-order valence-corrected chi connectivity index (χ1v) is 5.02. The lowest BCUT2D eigenvalue weighted by Crippen LogP contribution is -2.17. The summed E-state index contributed by atoms with van der Waals surface area (Å²) in [4.78, 5) is 17.4. The van der Waals surface area contributed by atoms with E-state index in [2.05, 4.69) is 10.1 Å². The molecule has 1 aromatic rings. The van der Waals surface area contributed by atoms with E-state index < -0.39 is 5.97 Å². The van der Waals surface area contributed by atoms with Gasteiger partial charge in [-0.15, -0.1) is 0 Å². The number of hydrogen-bond acceptors (Lipinski definition) is 5. The van der Waals surface area contributed by atoms with Crippen LogP contribution in [0.2, 0.25) is 0 Å². The second kappa shape index (κ2) is 6.02. The summed E-state index contributed by atoms with van der Waals surface area (Å²) in [7, 11) is 3.83. The van der Waals surface area contributed by atoms with Crippen LogP contribution in [0.1, 0.15) is 6.92 Å². The number of rotatable bonds is 5. The van der Waals surface area contributed by atoms with Crippen LogP contribution in [0.15, 0.2) is 18.7 Å². The van der Waals surface area contributed by atoms with Crippen molar-refractivity contribution in [2.75, 3.05) is 27.2 Å². The van der Waals surface area contributed by atoms with Crippen molar-refractivity contribution in [2.45, 2.75) is 6.92 Å². The van der Waals surface area contributed by atoms with E-state index in [-0.39, 0.29) is 0 Å². The average Bonchev–Trinajstić information content (AvgIpc) is 2.71. The highest BCUT2D eigenvalue weighted by Gasteiger charge is 2.13. The third-order valence-electron chi connectivity index (χ3n) is 1.80. The Balaban J connectivity index is 2.85. The summed E-state index contributed by atoms with van der Waals surface area (Å²) in [6.45, 7) is 2.74. The fourth-order valence-corrected chi connectivity index (χ4v) is 1.08. The topological polar surface area (TPSA) is 60.2 Å². The molecule has 0 aliphatic heterocycles. The van der Waals surface area contributed by atoms with E-state index in [1.165, 1.54) is 17.3 Å². The molecule has 6 heteroatoms. The number of likely N-dealkylation sites (N-methyl/N-ethyl adjacent to an activating group) is 1. The molecule has 0 aliphatic rings. The third kappa shape index (κ3) is 3.47. The normalized spacial score (nSPS) is 11.9. The van der Waals surface area contributed by atoms with Crippen LogP contribution in [0.25, 0.3) is 5.70 Å². The summed E-state index contributed by atoms with van der Waals surface area (Å²) in [6, 6.07) is 0. The Morgan fingerprint density at radius 2 is 2.31 bits per heavy atom. The van der Waals surface area contributed by atoms with Gasteiger partial charge in [0.1, 0.15) is 18.4 Å². The first kappa shape index (κ1) is 12.4. The van der Waals surface area contributed by atoms with E-state index in [0.717, 1.165) is 0 Å². The molecule has 0 N–H and O–H groups in total. The maximum Gasteiger partial charge on any atom is 0.356 e. The molecule has 1 rings (SSSR count). The Labute approximate surface area is 94.5 Å². The van der Waals surface area contributed by atoms with E-state index in [1.807, 2.05) is 19.0 Å². The number of aromatic nitrogens is 3. The van der Waals surface area contributed by atoms with Crippen LogP contribution in [0.3, 0.4) is 0 Å². The van der Waals surface area contributed by atoms with Crippen LogP contribution in [0.5, 0.6) is 0 Å². The van der Waals surface area contributed by atoms with Gasteiger partial charge in [0.25, 0.3) is 0 Å². The van der Waals surface area contributed by atoms with Gasteiger partial charge in [0.05, 0.1) is 6.61 Å². The SMILES string of the molecule is CCOC(=O)/C(=C\CN(C)C)n1cncn1. The van der Waals surface area contributed by atoms with E-state index in [0.29, 0.717) is 18.8 Å². The molecule has 0 fully saturated rings. The molecule has 1 heterocycles. The van der Waals surface area contributed by atoms with Gasteiger partial charge in [0.15, 0.2) is 0 Å². The lowest BCUT2D eigenvalue weighted by molar-refractivity contribution is -0.136. The second-order valence-electron chi connectivity index (χ2n) is 3.41. The predicted molar refractivity (Wildman–Crippen MR) is 59.5 cm³/mol. The molecule has 1 aromatic heterocycles. The molecule has 0 unspecified atom stereocenters.